The van der Waals surface area contributed by atoms with E-state index in [9.17, 15) is 9.59 Å². The fourth-order valence-corrected chi connectivity index (χ4v) is 2.96. The summed E-state index contributed by atoms with van der Waals surface area (Å²) in [6.45, 7) is 7.43. The van der Waals surface area contributed by atoms with Gasteiger partial charge in [0.15, 0.2) is 0 Å². The molecule has 7 heteroatoms. The number of hydrogen-bond acceptors (Lipinski definition) is 3. The van der Waals surface area contributed by atoms with Gasteiger partial charge in [0.2, 0.25) is 5.91 Å². The number of nitrogens with one attached hydrogen (secondary N) is 2. The highest BCUT2D eigenvalue weighted by Crippen LogP contribution is 2.22. The third-order valence-corrected chi connectivity index (χ3v) is 4.16. The van der Waals surface area contributed by atoms with Crippen molar-refractivity contribution in [1.82, 2.24) is 15.1 Å². The van der Waals surface area contributed by atoms with Crippen LogP contribution in [0, 0.1) is 27.7 Å². The van der Waals surface area contributed by atoms with E-state index in [0.717, 1.165) is 22.4 Å². The predicted octanol–water partition coefficient (Wildman–Crippen LogP) is 2.68. The summed E-state index contributed by atoms with van der Waals surface area (Å²) in [6, 6.07) is 4.00. The van der Waals surface area contributed by atoms with Crippen LogP contribution in [0.2, 0.25) is 5.15 Å². The maximum atomic E-state index is 12.2. The molecule has 0 aliphatic carbocycles. The minimum Gasteiger partial charge on any atom is -0.343 e. The van der Waals surface area contributed by atoms with Crippen LogP contribution in [-0.4, -0.2) is 28.1 Å². The number of hydrogen-bond donors (Lipinski definition) is 2. The summed E-state index contributed by atoms with van der Waals surface area (Å²) >= 11 is 6.05. The fourth-order valence-electron chi connectivity index (χ4n) is 2.70. The molecule has 0 unspecified atom stereocenters. The zero-order valence-electron chi connectivity index (χ0n) is 14.5. The zero-order chi connectivity index (χ0) is 18.0. The second-order valence-corrected chi connectivity index (χ2v) is 6.24. The summed E-state index contributed by atoms with van der Waals surface area (Å²) in [6.07, 6.45) is 0. The Morgan fingerprint density at radius 2 is 1.75 bits per heavy atom. The van der Waals surface area contributed by atoms with Gasteiger partial charge < -0.3 is 10.6 Å². The van der Waals surface area contributed by atoms with Gasteiger partial charge in [0.25, 0.3) is 5.91 Å². The number of nitrogens with zero attached hydrogens (tertiary/aromatic N) is 2. The van der Waals surface area contributed by atoms with Gasteiger partial charge in [-0.15, -0.1) is 0 Å². The zero-order valence-corrected chi connectivity index (χ0v) is 15.2. The van der Waals surface area contributed by atoms with Crippen molar-refractivity contribution in [2.75, 3.05) is 11.9 Å². The topological polar surface area (TPSA) is 76.0 Å². The lowest BCUT2D eigenvalue weighted by atomic mass is 10.1. The Kier molecular flexibility index (Phi) is 5.29. The van der Waals surface area contributed by atoms with Crippen molar-refractivity contribution in [2.45, 2.75) is 27.7 Å². The average molecular weight is 349 g/mol. The van der Waals surface area contributed by atoms with E-state index in [0.29, 0.717) is 5.69 Å². The van der Waals surface area contributed by atoms with Crippen LogP contribution in [0.15, 0.2) is 12.1 Å². The van der Waals surface area contributed by atoms with Crippen molar-refractivity contribution in [3.63, 3.8) is 0 Å². The van der Waals surface area contributed by atoms with Crippen molar-refractivity contribution < 1.29 is 9.59 Å². The summed E-state index contributed by atoms with van der Waals surface area (Å²) in [5.74, 6) is -0.714. The first-order chi connectivity index (χ1) is 11.2. The number of anilines is 1. The number of aromatic nitrogens is 2. The van der Waals surface area contributed by atoms with Crippen molar-refractivity contribution in [3.05, 3.63) is 45.2 Å². The first-order valence-electron chi connectivity index (χ1n) is 7.55. The number of carbonyl (C=O) groups is 2. The standard InChI is InChI=1S/C17H21ClN4O2/c1-9-6-10(2)15(11(3)7-9)20-13(23)8-19-17(24)14-12(4)21-22(5)16(14)18/h6-7H,8H2,1-5H3,(H,19,24)(H,20,23). The molecule has 24 heavy (non-hydrogen) atoms. The molecule has 0 radical (unpaired) electrons. The summed E-state index contributed by atoms with van der Waals surface area (Å²) < 4.78 is 1.42. The average Bonchev–Trinajstić information content (AvgIpc) is 2.73. The maximum Gasteiger partial charge on any atom is 0.256 e. The minimum atomic E-state index is -0.418. The molecule has 0 fully saturated rings. The third kappa shape index (κ3) is 3.76. The Morgan fingerprint density at radius 1 is 1.17 bits per heavy atom. The molecule has 1 aromatic carbocycles. The summed E-state index contributed by atoms with van der Waals surface area (Å²) in [5, 5.41) is 9.74. The third-order valence-electron chi connectivity index (χ3n) is 3.73. The fraction of sp³-hybridized carbons (Fsp3) is 0.353. The van der Waals surface area contributed by atoms with Crippen LogP contribution in [0.25, 0.3) is 0 Å². The molecule has 0 saturated carbocycles. The number of benzene rings is 1. The predicted molar refractivity (Wildman–Crippen MR) is 94.6 cm³/mol. The minimum absolute atomic E-state index is 0.143. The van der Waals surface area contributed by atoms with E-state index in [1.54, 1.807) is 14.0 Å². The van der Waals surface area contributed by atoms with Crippen molar-refractivity contribution in [1.29, 1.82) is 0 Å². The van der Waals surface area contributed by atoms with E-state index in [-0.39, 0.29) is 23.2 Å². The smallest absolute Gasteiger partial charge is 0.256 e. The normalized spacial score (nSPS) is 10.6. The highest BCUT2D eigenvalue weighted by Gasteiger charge is 2.19. The van der Waals surface area contributed by atoms with Gasteiger partial charge in [0.1, 0.15) is 5.15 Å². The molecule has 2 amide bonds. The molecule has 2 aromatic rings. The molecule has 1 heterocycles. The van der Waals surface area contributed by atoms with Gasteiger partial charge in [-0.1, -0.05) is 29.3 Å². The first-order valence-corrected chi connectivity index (χ1v) is 7.93. The number of halogens is 1. The quantitative estimate of drug-likeness (QED) is 0.891. The van der Waals surface area contributed by atoms with Crippen LogP contribution in [0.4, 0.5) is 5.69 Å². The van der Waals surface area contributed by atoms with E-state index in [2.05, 4.69) is 15.7 Å². The van der Waals surface area contributed by atoms with Crippen LogP contribution >= 0.6 is 11.6 Å². The lowest BCUT2D eigenvalue weighted by molar-refractivity contribution is -0.115. The summed E-state index contributed by atoms with van der Waals surface area (Å²) in [4.78, 5) is 24.3. The van der Waals surface area contributed by atoms with E-state index in [4.69, 9.17) is 11.6 Å². The van der Waals surface area contributed by atoms with Crippen molar-refractivity contribution in [3.8, 4) is 0 Å². The van der Waals surface area contributed by atoms with Crippen LogP contribution < -0.4 is 10.6 Å². The van der Waals surface area contributed by atoms with Gasteiger partial charge >= 0.3 is 0 Å². The van der Waals surface area contributed by atoms with Gasteiger partial charge in [0.05, 0.1) is 17.8 Å². The van der Waals surface area contributed by atoms with Crippen LogP contribution in [0.3, 0.4) is 0 Å². The molecule has 0 saturated heterocycles. The lowest BCUT2D eigenvalue weighted by Crippen LogP contribution is -2.33. The molecular weight excluding hydrogens is 328 g/mol. The number of aryl methyl sites for hydroxylation is 5. The van der Waals surface area contributed by atoms with Crippen molar-refractivity contribution >= 4 is 29.1 Å². The lowest BCUT2D eigenvalue weighted by Gasteiger charge is -2.13. The van der Waals surface area contributed by atoms with Gasteiger partial charge in [-0.2, -0.15) is 5.10 Å². The Labute approximate surface area is 146 Å². The van der Waals surface area contributed by atoms with Gasteiger partial charge in [-0.05, 0) is 38.8 Å². The molecule has 2 N–H and O–H groups in total. The Morgan fingerprint density at radius 3 is 2.25 bits per heavy atom. The molecule has 0 spiro atoms. The molecule has 0 aliphatic rings. The SMILES string of the molecule is Cc1cc(C)c(NC(=O)CNC(=O)c2c(C)nn(C)c2Cl)c(C)c1. The molecule has 6 nitrogen and oxygen atoms in total. The largest absolute Gasteiger partial charge is 0.343 e. The second kappa shape index (κ2) is 7.05. The molecule has 2 rings (SSSR count). The van der Waals surface area contributed by atoms with Crippen LogP contribution in [0.5, 0.6) is 0 Å². The van der Waals surface area contributed by atoms with Gasteiger partial charge in [-0.25, -0.2) is 0 Å². The Bertz CT molecular complexity index is 788. The Hall–Kier alpha value is -2.34. The second-order valence-electron chi connectivity index (χ2n) is 5.88. The van der Waals surface area contributed by atoms with E-state index < -0.39 is 5.91 Å². The molecule has 1 aromatic heterocycles. The Balaban J connectivity index is 2.03. The monoisotopic (exact) mass is 348 g/mol. The maximum absolute atomic E-state index is 12.2. The molecule has 0 bridgehead atoms. The first kappa shape index (κ1) is 18.0. The molecular formula is C17H21ClN4O2. The number of rotatable bonds is 4. The van der Waals surface area contributed by atoms with Crippen LogP contribution in [-0.2, 0) is 11.8 Å². The highest BCUT2D eigenvalue weighted by molar-refractivity contribution is 6.33. The molecule has 0 atom stereocenters. The van der Waals surface area contributed by atoms with E-state index >= 15 is 0 Å². The van der Waals surface area contributed by atoms with E-state index in [1.807, 2.05) is 32.9 Å². The van der Waals surface area contributed by atoms with E-state index in [1.165, 1.54) is 4.68 Å². The number of amides is 2. The molecule has 0 aliphatic heterocycles. The van der Waals surface area contributed by atoms with Gasteiger partial charge in [0, 0.05) is 12.7 Å². The molecule has 128 valence electrons. The van der Waals surface area contributed by atoms with Crippen LogP contribution in [0.1, 0.15) is 32.7 Å². The highest BCUT2D eigenvalue weighted by atomic mass is 35.5. The number of carbonyl (C=O) groups excluding carboxylic acids is 2. The summed E-state index contributed by atoms with van der Waals surface area (Å²) in [5.41, 5.74) is 4.69. The van der Waals surface area contributed by atoms with Crippen molar-refractivity contribution in [2.24, 2.45) is 7.05 Å². The summed E-state index contributed by atoms with van der Waals surface area (Å²) in [7, 11) is 1.65. The van der Waals surface area contributed by atoms with Gasteiger partial charge in [-0.3, -0.25) is 14.3 Å².